The summed E-state index contributed by atoms with van der Waals surface area (Å²) in [5.74, 6) is 0.194. The fourth-order valence-corrected chi connectivity index (χ4v) is 3.25. The number of phenolic OH excluding ortho intramolecular Hbond substituents is 1. The number of benzene rings is 2. The number of carbonyl (C=O) groups is 1. The van der Waals surface area contributed by atoms with Crippen LogP contribution in [0.4, 0.5) is 10.5 Å². The monoisotopic (exact) mass is 310 g/mol. The maximum Gasteiger partial charge on any atom is 0.322 e. The minimum Gasteiger partial charge on any atom is -0.508 e. The van der Waals surface area contributed by atoms with Gasteiger partial charge in [-0.05, 0) is 61.6 Å². The van der Waals surface area contributed by atoms with Gasteiger partial charge in [-0.25, -0.2) is 4.79 Å². The SMILES string of the molecule is CCN(C(=O)Nc1ccc(O)cc1)C1CCc2ccccc2C1. The number of hydrogen-bond acceptors (Lipinski definition) is 2. The number of likely N-dealkylation sites (N-methyl/N-ethyl adjacent to an activating group) is 1. The summed E-state index contributed by atoms with van der Waals surface area (Å²) < 4.78 is 0. The molecule has 3 rings (SSSR count). The lowest BCUT2D eigenvalue weighted by molar-refractivity contribution is 0.184. The van der Waals surface area contributed by atoms with Gasteiger partial charge in [0.1, 0.15) is 5.75 Å². The number of aryl methyl sites for hydroxylation is 1. The fraction of sp³-hybridized carbons (Fsp3) is 0.316. The summed E-state index contributed by atoms with van der Waals surface area (Å²) in [6, 6.07) is 15.2. The predicted molar refractivity (Wildman–Crippen MR) is 91.8 cm³/mol. The average molecular weight is 310 g/mol. The average Bonchev–Trinajstić information content (AvgIpc) is 2.57. The minimum atomic E-state index is -0.0810. The summed E-state index contributed by atoms with van der Waals surface area (Å²) in [6.07, 6.45) is 2.92. The standard InChI is InChI=1S/C19H22N2O2/c1-2-21(19(23)20-16-8-11-18(22)12-9-16)17-10-7-14-5-3-4-6-15(14)13-17/h3-6,8-9,11-12,17,22H,2,7,10,13H2,1H3,(H,20,23). The van der Waals surface area contributed by atoms with Crippen LogP contribution in [-0.4, -0.2) is 28.6 Å². The van der Waals surface area contributed by atoms with Crippen molar-refractivity contribution in [2.75, 3.05) is 11.9 Å². The first-order valence-electron chi connectivity index (χ1n) is 8.11. The molecular weight excluding hydrogens is 288 g/mol. The molecule has 0 bridgehead atoms. The molecule has 0 aliphatic heterocycles. The highest BCUT2D eigenvalue weighted by molar-refractivity contribution is 5.89. The van der Waals surface area contributed by atoms with Crippen molar-refractivity contribution in [1.29, 1.82) is 0 Å². The van der Waals surface area contributed by atoms with Gasteiger partial charge in [-0.1, -0.05) is 24.3 Å². The van der Waals surface area contributed by atoms with E-state index in [0.29, 0.717) is 12.2 Å². The van der Waals surface area contributed by atoms with Gasteiger partial charge in [-0.15, -0.1) is 0 Å². The highest BCUT2D eigenvalue weighted by Gasteiger charge is 2.26. The summed E-state index contributed by atoms with van der Waals surface area (Å²) in [7, 11) is 0. The third kappa shape index (κ3) is 3.47. The van der Waals surface area contributed by atoms with Gasteiger partial charge in [-0.3, -0.25) is 0 Å². The number of anilines is 1. The summed E-state index contributed by atoms with van der Waals surface area (Å²) >= 11 is 0. The van der Waals surface area contributed by atoms with Gasteiger partial charge in [0.25, 0.3) is 0 Å². The van der Waals surface area contributed by atoms with Crippen LogP contribution in [0.15, 0.2) is 48.5 Å². The summed E-state index contributed by atoms with van der Waals surface area (Å²) in [5, 5.41) is 12.2. The third-order valence-corrected chi connectivity index (χ3v) is 4.48. The Hall–Kier alpha value is -2.49. The third-order valence-electron chi connectivity index (χ3n) is 4.48. The maximum absolute atomic E-state index is 12.6. The fourth-order valence-electron chi connectivity index (χ4n) is 3.25. The second-order valence-electron chi connectivity index (χ2n) is 5.93. The summed E-state index contributed by atoms with van der Waals surface area (Å²) in [5.41, 5.74) is 3.45. The van der Waals surface area contributed by atoms with E-state index >= 15 is 0 Å². The van der Waals surface area contributed by atoms with Crippen molar-refractivity contribution in [2.45, 2.75) is 32.2 Å². The van der Waals surface area contributed by atoms with Crippen LogP contribution in [0.2, 0.25) is 0 Å². The molecule has 2 N–H and O–H groups in total. The number of hydrogen-bond donors (Lipinski definition) is 2. The molecule has 23 heavy (non-hydrogen) atoms. The number of carbonyl (C=O) groups excluding carboxylic acids is 1. The van der Waals surface area contributed by atoms with Crippen molar-refractivity contribution in [2.24, 2.45) is 0 Å². The van der Waals surface area contributed by atoms with E-state index in [-0.39, 0.29) is 17.8 Å². The Kier molecular flexibility index (Phi) is 4.51. The van der Waals surface area contributed by atoms with Crippen LogP contribution in [0.25, 0.3) is 0 Å². The molecule has 4 heteroatoms. The molecular formula is C19H22N2O2. The van der Waals surface area contributed by atoms with Crippen molar-refractivity contribution in [3.05, 3.63) is 59.7 Å². The number of phenols is 1. The molecule has 0 fully saturated rings. The first-order chi connectivity index (χ1) is 11.2. The Morgan fingerprint density at radius 3 is 2.57 bits per heavy atom. The minimum absolute atomic E-state index is 0.0810. The zero-order chi connectivity index (χ0) is 16.2. The van der Waals surface area contributed by atoms with Gasteiger partial charge >= 0.3 is 6.03 Å². The Balaban J connectivity index is 1.70. The van der Waals surface area contributed by atoms with Gasteiger partial charge in [0, 0.05) is 18.3 Å². The molecule has 0 heterocycles. The van der Waals surface area contributed by atoms with E-state index < -0.39 is 0 Å². The van der Waals surface area contributed by atoms with Crippen molar-refractivity contribution < 1.29 is 9.90 Å². The first-order valence-corrected chi connectivity index (χ1v) is 8.11. The van der Waals surface area contributed by atoms with Crippen LogP contribution in [0.1, 0.15) is 24.5 Å². The molecule has 0 aromatic heterocycles. The molecule has 0 radical (unpaired) electrons. The molecule has 1 aliphatic carbocycles. The van der Waals surface area contributed by atoms with Gasteiger partial charge in [0.05, 0.1) is 0 Å². The van der Waals surface area contributed by atoms with Gasteiger partial charge in [0.15, 0.2) is 0 Å². The lowest BCUT2D eigenvalue weighted by Crippen LogP contribution is -2.45. The van der Waals surface area contributed by atoms with E-state index in [1.807, 2.05) is 11.8 Å². The van der Waals surface area contributed by atoms with E-state index in [1.54, 1.807) is 24.3 Å². The van der Waals surface area contributed by atoms with Gasteiger partial charge in [0.2, 0.25) is 0 Å². The van der Waals surface area contributed by atoms with Crippen molar-refractivity contribution in [3.63, 3.8) is 0 Å². The normalized spacial score (nSPS) is 16.5. The van der Waals surface area contributed by atoms with Gasteiger partial charge < -0.3 is 15.3 Å². The van der Waals surface area contributed by atoms with E-state index in [1.165, 1.54) is 11.1 Å². The Morgan fingerprint density at radius 1 is 1.17 bits per heavy atom. The molecule has 2 amide bonds. The molecule has 0 saturated carbocycles. The lowest BCUT2D eigenvalue weighted by atomic mass is 9.87. The Morgan fingerprint density at radius 2 is 1.87 bits per heavy atom. The Bertz CT molecular complexity index is 682. The van der Waals surface area contributed by atoms with E-state index in [2.05, 4.69) is 29.6 Å². The number of nitrogens with one attached hydrogen (secondary N) is 1. The molecule has 1 atom stereocenters. The maximum atomic E-state index is 12.6. The van der Waals surface area contributed by atoms with Crippen molar-refractivity contribution in [3.8, 4) is 5.75 Å². The quantitative estimate of drug-likeness (QED) is 0.847. The zero-order valence-corrected chi connectivity index (χ0v) is 13.3. The van der Waals surface area contributed by atoms with Crippen molar-refractivity contribution in [1.82, 2.24) is 4.90 Å². The van der Waals surface area contributed by atoms with E-state index in [0.717, 1.165) is 19.3 Å². The Labute approximate surface area is 136 Å². The second kappa shape index (κ2) is 6.73. The number of urea groups is 1. The van der Waals surface area contributed by atoms with Crippen LogP contribution in [0.3, 0.4) is 0 Å². The molecule has 2 aromatic carbocycles. The molecule has 120 valence electrons. The lowest BCUT2D eigenvalue weighted by Gasteiger charge is -2.34. The van der Waals surface area contributed by atoms with Crippen LogP contribution < -0.4 is 5.32 Å². The topological polar surface area (TPSA) is 52.6 Å². The number of rotatable bonds is 3. The van der Waals surface area contributed by atoms with Crippen LogP contribution >= 0.6 is 0 Å². The van der Waals surface area contributed by atoms with Crippen LogP contribution in [0.5, 0.6) is 5.75 Å². The summed E-state index contributed by atoms with van der Waals surface area (Å²) in [6.45, 7) is 2.69. The molecule has 1 aliphatic rings. The molecule has 4 nitrogen and oxygen atoms in total. The number of nitrogens with zero attached hydrogens (tertiary/aromatic N) is 1. The molecule has 0 saturated heterocycles. The van der Waals surface area contributed by atoms with Crippen LogP contribution in [-0.2, 0) is 12.8 Å². The highest BCUT2D eigenvalue weighted by atomic mass is 16.3. The smallest absolute Gasteiger partial charge is 0.322 e. The number of fused-ring (bicyclic) bond motifs is 1. The predicted octanol–water partition coefficient (Wildman–Crippen LogP) is 3.80. The zero-order valence-electron chi connectivity index (χ0n) is 13.3. The van der Waals surface area contributed by atoms with Crippen molar-refractivity contribution >= 4 is 11.7 Å². The molecule has 0 spiro atoms. The first kappa shape index (κ1) is 15.4. The second-order valence-corrected chi connectivity index (χ2v) is 5.93. The van der Waals surface area contributed by atoms with E-state index in [4.69, 9.17) is 0 Å². The highest BCUT2D eigenvalue weighted by Crippen LogP contribution is 2.25. The number of aromatic hydroxyl groups is 1. The molecule has 1 unspecified atom stereocenters. The largest absolute Gasteiger partial charge is 0.508 e. The van der Waals surface area contributed by atoms with E-state index in [9.17, 15) is 9.90 Å². The summed E-state index contributed by atoms with van der Waals surface area (Å²) in [4.78, 5) is 14.5. The van der Waals surface area contributed by atoms with Gasteiger partial charge in [-0.2, -0.15) is 0 Å². The molecule has 2 aromatic rings. The van der Waals surface area contributed by atoms with Crippen LogP contribution in [0, 0.1) is 0 Å². The number of amides is 2.